The van der Waals surface area contributed by atoms with Crippen LogP contribution >= 0.6 is 0 Å². The number of aliphatic hydroxyl groups is 3. The van der Waals surface area contributed by atoms with Crippen molar-refractivity contribution < 1.29 is 23.5 Å². The van der Waals surface area contributed by atoms with E-state index in [1.165, 1.54) is 12.5 Å². The van der Waals surface area contributed by atoms with Crippen molar-refractivity contribution in [2.75, 3.05) is 0 Å². The van der Waals surface area contributed by atoms with Gasteiger partial charge in [0.05, 0.1) is 17.8 Å². The predicted octanol–water partition coefficient (Wildman–Crippen LogP) is 5.73. The van der Waals surface area contributed by atoms with Crippen LogP contribution in [0.4, 0.5) is 0 Å². The van der Waals surface area contributed by atoms with Crippen molar-refractivity contribution in [3.63, 3.8) is 0 Å². The van der Waals surface area contributed by atoms with E-state index in [9.17, 15) is 15.3 Å². The molecule has 0 unspecified atom stereocenters. The van der Waals surface area contributed by atoms with Crippen LogP contribution < -0.4 is 0 Å². The van der Waals surface area contributed by atoms with Crippen LogP contribution in [0.5, 0.6) is 0 Å². The SMILES string of the molecule is [2H]C([2H])([2H])C(O)([C@@H](C)C=C[C@@H](C)[C@H]1CC[C@H]2C(=CC=C3C[C@@H](O)C[C@H](O)C3=C)CCC[C@]12C)C([2H])([2H])[2H]. The van der Waals surface area contributed by atoms with Gasteiger partial charge in [-0.15, -0.1) is 0 Å². The van der Waals surface area contributed by atoms with Crippen molar-refractivity contribution in [2.24, 2.45) is 29.1 Å². The Morgan fingerprint density at radius 3 is 2.65 bits per heavy atom. The summed E-state index contributed by atoms with van der Waals surface area (Å²) in [6.07, 6.45) is 12.5. The smallest absolute Gasteiger partial charge is 0.0811 e. The van der Waals surface area contributed by atoms with Crippen molar-refractivity contribution in [3.8, 4) is 0 Å². The zero-order valence-electron chi connectivity index (χ0n) is 25.3. The number of aliphatic hydroxyl groups excluding tert-OH is 2. The molecule has 7 atom stereocenters. The second kappa shape index (κ2) is 9.37. The van der Waals surface area contributed by atoms with Gasteiger partial charge in [-0.1, -0.05) is 57.2 Å². The molecule has 0 saturated heterocycles. The molecule has 3 saturated carbocycles. The molecule has 3 aliphatic carbocycles. The second-order valence-electron chi connectivity index (χ2n) is 10.5. The summed E-state index contributed by atoms with van der Waals surface area (Å²) in [5.74, 6) is -0.220. The van der Waals surface area contributed by atoms with Gasteiger partial charge < -0.3 is 15.3 Å². The standard InChI is InChI=1S/C28H44O3/c1-18(9-10-19(2)27(4,5)31)24-13-14-25-21(8-7-15-28(24,25)6)11-12-22-16-23(29)17-26(30)20(22)3/h9-12,18-19,23-26,29-31H,3,7-8,13-17H2,1-2,4-6H3/t18-,19+,23-,24-,25+,26+,28-/m1/s1/i4D3,5D3. The molecule has 0 bridgehead atoms. The minimum absolute atomic E-state index is 0.0581. The minimum Gasteiger partial charge on any atom is -0.393 e. The van der Waals surface area contributed by atoms with Gasteiger partial charge in [0.15, 0.2) is 0 Å². The number of hydrogen-bond donors (Lipinski definition) is 3. The Balaban J connectivity index is 1.79. The van der Waals surface area contributed by atoms with Gasteiger partial charge in [-0.3, -0.25) is 0 Å². The Morgan fingerprint density at radius 1 is 1.19 bits per heavy atom. The number of hydrogen-bond acceptors (Lipinski definition) is 3. The highest BCUT2D eigenvalue weighted by Crippen LogP contribution is 2.59. The van der Waals surface area contributed by atoms with E-state index in [0.29, 0.717) is 30.3 Å². The number of allylic oxidation sites excluding steroid dienone is 4. The summed E-state index contributed by atoms with van der Waals surface area (Å²) in [4.78, 5) is 0. The third-order valence-corrected chi connectivity index (χ3v) is 8.30. The van der Waals surface area contributed by atoms with Crippen LogP contribution in [0.15, 0.2) is 47.6 Å². The van der Waals surface area contributed by atoms with Crippen LogP contribution in [-0.4, -0.2) is 33.1 Å². The lowest BCUT2D eigenvalue weighted by Gasteiger charge is -2.44. The Morgan fingerprint density at radius 2 is 1.94 bits per heavy atom. The molecule has 3 nitrogen and oxygen atoms in total. The first-order valence-electron chi connectivity index (χ1n) is 14.8. The number of rotatable bonds is 5. The summed E-state index contributed by atoms with van der Waals surface area (Å²) in [5.41, 5.74) is 0.225. The van der Waals surface area contributed by atoms with Crippen molar-refractivity contribution in [2.45, 2.75) is 97.2 Å². The normalized spacial score (nSPS) is 43.0. The molecule has 174 valence electrons. The minimum atomic E-state index is -3.04. The highest BCUT2D eigenvalue weighted by atomic mass is 16.3. The molecular formula is C28H44O3. The summed E-state index contributed by atoms with van der Waals surface area (Å²) in [6, 6.07) is 0. The summed E-state index contributed by atoms with van der Waals surface area (Å²) in [6.45, 7) is 3.83. The third-order valence-electron chi connectivity index (χ3n) is 8.30. The van der Waals surface area contributed by atoms with Crippen molar-refractivity contribution in [1.82, 2.24) is 0 Å². The molecule has 0 radical (unpaired) electrons. The van der Waals surface area contributed by atoms with Crippen molar-refractivity contribution in [3.05, 3.63) is 47.6 Å². The highest BCUT2D eigenvalue weighted by Gasteiger charge is 2.50. The van der Waals surface area contributed by atoms with E-state index in [1.54, 1.807) is 6.08 Å². The fourth-order valence-electron chi connectivity index (χ4n) is 6.22. The van der Waals surface area contributed by atoms with Gasteiger partial charge in [-0.25, -0.2) is 0 Å². The molecule has 0 heterocycles. The third kappa shape index (κ3) is 5.26. The molecule has 0 aliphatic heterocycles. The van der Waals surface area contributed by atoms with Crippen LogP contribution in [0.25, 0.3) is 0 Å². The molecule has 3 N–H and O–H groups in total. The Bertz CT molecular complexity index is 933. The molecule has 3 heteroatoms. The molecule has 3 fully saturated rings. The highest BCUT2D eigenvalue weighted by molar-refractivity contribution is 5.38. The lowest BCUT2D eigenvalue weighted by atomic mass is 9.61. The fraction of sp³-hybridized carbons (Fsp3) is 0.714. The summed E-state index contributed by atoms with van der Waals surface area (Å²) in [7, 11) is 0. The van der Waals surface area contributed by atoms with E-state index >= 15 is 0 Å². The first-order valence-corrected chi connectivity index (χ1v) is 11.8. The van der Waals surface area contributed by atoms with Gasteiger partial charge in [-0.05, 0) is 86.5 Å². The maximum atomic E-state index is 10.8. The largest absolute Gasteiger partial charge is 0.393 e. The van der Waals surface area contributed by atoms with Crippen LogP contribution in [0.1, 0.15) is 87.6 Å². The maximum Gasteiger partial charge on any atom is 0.0811 e. The van der Waals surface area contributed by atoms with Gasteiger partial charge >= 0.3 is 0 Å². The van der Waals surface area contributed by atoms with Crippen molar-refractivity contribution in [1.29, 1.82) is 0 Å². The van der Waals surface area contributed by atoms with Crippen LogP contribution in [-0.2, 0) is 0 Å². The first-order chi connectivity index (χ1) is 16.9. The van der Waals surface area contributed by atoms with Gasteiger partial charge in [0.1, 0.15) is 0 Å². The molecule has 0 spiro atoms. The van der Waals surface area contributed by atoms with Gasteiger partial charge in [-0.2, -0.15) is 0 Å². The molecule has 3 rings (SSSR count). The van der Waals surface area contributed by atoms with Crippen molar-refractivity contribution >= 4 is 0 Å². The van der Waals surface area contributed by atoms with E-state index in [-0.39, 0.29) is 11.3 Å². The summed E-state index contributed by atoms with van der Waals surface area (Å²) in [5, 5.41) is 31.0. The summed E-state index contributed by atoms with van der Waals surface area (Å²) < 4.78 is 46.2. The van der Waals surface area contributed by atoms with Crippen LogP contribution in [0.2, 0.25) is 0 Å². The van der Waals surface area contributed by atoms with Crippen LogP contribution in [0, 0.1) is 29.1 Å². The molecule has 0 aromatic rings. The molecule has 0 amide bonds. The Kier molecular flexibility index (Phi) is 5.24. The quantitative estimate of drug-likeness (QED) is 0.485. The monoisotopic (exact) mass is 434 g/mol. The Hall–Kier alpha value is -1.16. The zero-order chi connectivity index (χ0) is 28.0. The molecular weight excluding hydrogens is 384 g/mol. The van der Waals surface area contributed by atoms with E-state index in [0.717, 1.165) is 37.7 Å². The topological polar surface area (TPSA) is 60.7 Å². The fourth-order valence-corrected chi connectivity index (χ4v) is 6.22. The van der Waals surface area contributed by atoms with E-state index in [1.807, 2.05) is 12.2 Å². The van der Waals surface area contributed by atoms with Gasteiger partial charge in [0, 0.05) is 20.6 Å². The van der Waals surface area contributed by atoms with E-state index in [2.05, 4.69) is 26.5 Å². The second-order valence-corrected chi connectivity index (χ2v) is 10.5. The maximum absolute atomic E-state index is 10.8. The lowest BCUT2D eigenvalue weighted by molar-refractivity contribution is 0.0436. The summed E-state index contributed by atoms with van der Waals surface area (Å²) >= 11 is 0. The molecule has 0 aromatic heterocycles. The van der Waals surface area contributed by atoms with E-state index in [4.69, 9.17) is 8.22 Å². The molecule has 3 aliphatic rings. The molecule has 0 aromatic carbocycles. The van der Waals surface area contributed by atoms with Gasteiger partial charge in [0.2, 0.25) is 0 Å². The first kappa shape index (κ1) is 17.3. The predicted molar refractivity (Wildman–Crippen MR) is 128 cm³/mol. The number of fused-ring (bicyclic) bond motifs is 1. The van der Waals surface area contributed by atoms with E-state index < -0.39 is 37.4 Å². The average Bonchev–Trinajstić information content (AvgIpc) is 3.14. The molecule has 31 heavy (non-hydrogen) atoms. The van der Waals surface area contributed by atoms with Gasteiger partial charge in [0.25, 0.3) is 0 Å². The zero-order valence-corrected chi connectivity index (χ0v) is 19.3. The lowest BCUT2D eigenvalue weighted by Crippen LogP contribution is -2.35. The average molecular weight is 435 g/mol. The van der Waals surface area contributed by atoms with Crippen LogP contribution in [0.3, 0.4) is 0 Å². The Labute approximate surface area is 198 Å².